The van der Waals surface area contributed by atoms with E-state index in [0.717, 1.165) is 0 Å². The van der Waals surface area contributed by atoms with Crippen molar-refractivity contribution in [1.29, 1.82) is 0 Å². The number of amides is 2. The first-order valence-electron chi connectivity index (χ1n) is 6.87. The molecule has 0 radical (unpaired) electrons. The first kappa shape index (κ1) is 17.6. The van der Waals surface area contributed by atoms with Gasteiger partial charge in [-0.15, -0.1) is 0 Å². The van der Waals surface area contributed by atoms with Gasteiger partial charge in [-0.3, -0.25) is 0 Å². The Hall–Kier alpha value is -2.71. The van der Waals surface area contributed by atoms with Crippen molar-refractivity contribution in [2.45, 2.75) is 19.1 Å². The molecule has 0 unspecified atom stereocenters. The minimum atomic E-state index is -4.63. The minimum absolute atomic E-state index is 0.0935. The Balaban J connectivity index is 2.30. The zero-order chi connectivity index (χ0) is 17.9. The van der Waals surface area contributed by atoms with E-state index < -0.39 is 30.8 Å². The number of hydrogen-bond acceptors (Lipinski definition) is 4. The summed E-state index contributed by atoms with van der Waals surface area (Å²) in [6, 6.07) is 4.92. The van der Waals surface area contributed by atoms with Crippen LogP contribution in [0.5, 0.6) is 5.75 Å². The number of nitrogens with one attached hydrogen (secondary N) is 2. The second kappa shape index (κ2) is 6.81. The lowest BCUT2D eigenvalue weighted by molar-refractivity contribution is -0.183. The van der Waals surface area contributed by atoms with E-state index in [1.54, 1.807) is 24.3 Å². The first-order valence-corrected chi connectivity index (χ1v) is 6.87. The summed E-state index contributed by atoms with van der Waals surface area (Å²) in [7, 11) is 1.48. The lowest BCUT2D eigenvalue weighted by Crippen LogP contribution is -2.45. The summed E-state index contributed by atoms with van der Waals surface area (Å²) in [4.78, 5) is 23.7. The molecule has 0 saturated heterocycles. The van der Waals surface area contributed by atoms with E-state index in [2.05, 4.69) is 15.4 Å². The van der Waals surface area contributed by atoms with Crippen molar-refractivity contribution in [1.82, 2.24) is 10.6 Å². The molecule has 0 spiro atoms. The summed E-state index contributed by atoms with van der Waals surface area (Å²) in [6.45, 7) is -0.286. The highest BCUT2D eigenvalue weighted by Crippen LogP contribution is 2.29. The fourth-order valence-electron chi connectivity index (χ4n) is 2.24. The monoisotopic (exact) mass is 344 g/mol. The molecule has 1 aromatic rings. The molecule has 0 aliphatic carbocycles. The molecule has 1 aromatic carbocycles. The Bertz CT molecular complexity index is 668. The van der Waals surface area contributed by atoms with Gasteiger partial charge in [0.2, 0.25) is 0 Å². The zero-order valence-corrected chi connectivity index (χ0v) is 12.9. The smallest absolute Gasteiger partial charge is 0.422 e. The predicted molar refractivity (Wildman–Crippen MR) is 77.1 cm³/mol. The molecule has 1 aliphatic heterocycles. The molecular weight excluding hydrogens is 329 g/mol. The number of carbonyl (C=O) groups is 2. The highest BCUT2D eigenvalue weighted by Gasteiger charge is 2.35. The van der Waals surface area contributed by atoms with E-state index in [1.807, 2.05) is 0 Å². The van der Waals surface area contributed by atoms with Crippen LogP contribution >= 0.6 is 0 Å². The number of benzene rings is 1. The van der Waals surface area contributed by atoms with Gasteiger partial charge in [-0.05, 0) is 24.6 Å². The van der Waals surface area contributed by atoms with Gasteiger partial charge in [0.25, 0.3) is 0 Å². The zero-order valence-electron chi connectivity index (χ0n) is 12.9. The van der Waals surface area contributed by atoms with E-state index in [1.165, 1.54) is 14.0 Å². The average molecular weight is 344 g/mol. The van der Waals surface area contributed by atoms with Gasteiger partial charge < -0.3 is 20.1 Å². The number of ether oxygens (including phenoxy) is 2. The van der Waals surface area contributed by atoms with Gasteiger partial charge in [-0.25, -0.2) is 9.59 Å². The second-order valence-corrected chi connectivity index (χ2v) is 5.03. The van der Waals surface area contributed by atoms with Crippen molar-refractivity contribution >= 4 is 12.0 Å². The van der Waals surface area contributed by atoms with Crippen LogP contribution in [0.1, 0.15) is 18.5 Å². The predicted octanol–water partition coefficient (Wildman–Crippen LogP) is 2.43. The number of carbonyl (C=O) groups excluding carboxylic acids is 2. The topological polar surface area (TPSA) is 76.7 Å². The number of esters is 1. The van der Waals surface area contributed by atoms with Gasteiger partial charge in [-0.2, -0.15) is 13.2 Å². The fraction of sp³-hybridized carbons (Fsp3) is 0.333. The summed E-state index contributed by atoms with van der Waals surface area (Å²) in [5.41, 5.74) is 0.541. The molecule has 0 bridgehead atoms. The Morgan fingerprint density at radius 1 is 1.25 bits per heavy atom. The van der Waals surface area contributed by atoms with E-state index in [4.69, 9.17) is 4.74 Å². The molecule has 9 heteroatoms. The molecule has 0 aromatic heterocycles. The Kier molecular flexibility index (Phi) is 5.01. The third kappa shape index (κ3) is 4.18. The summed E-state index contributed by atoms with van der Waals surface area (Å²) in [5, 5.41) is 4.85. The van der Waals surface area contributed by atoms with Crippen molar-refractivity contribution < 1.29 is 32.2 Å². The van der Waals surface area contributed by atoms with E-state index >= 15 is 0 Å². The van der Waals surface area contributed by atoms with Crippen LogP contribution in [0.4, 0.5) is 18.0 Å². The number of urea groups is 1. The van der Waals surface area contributed by atoms with Gasteiger partial charge in [0.1, 0.15) is 5.75 Å². The van der Waals surface area contributed by atoms with E-state index in [0.29, 0.717) is 11.3 Å². The van der Waals surface area contributed by atoms with Crippen LogP contribution in [0.15, 0.2) is 35.5 Å². The third-order valence-electron chi connectivity index (χ3n) is 3.31. The molecule has 2 amide bonds. The molecule has 1 aliphatic rings. The maximum Gasteiger partial charge on any atom is 0.422 e. The van der Waals surface area contributed by atoms with Crippen molar-refractivity contribution in [3.8, 4) is 5.75 Å². The molecule has 6 nitrogen and oxygen atoms in total. The highest BCUT2D eigenvalue weighted by molar-refractivity contribution is 5.95. The van der Waals surface area contributed by atoms with E-state index in [9.17, 15) is 22.8 Å². The maximum absolute atomic E-state index is 12.3. The van der Waals surface area contributed by atoms with Crippen LogP contribution in [-0.4, -0.2) is 31.9 Å². The lowest BCUT2D eigenvalue weighted by Gasteiger charge is -2.28. The number of methoxy groups -OCH3 is 1. The number of alkyl halides is 3. The number of hydrogen-bond donors (Lipinski definition) is 2. The van der Waals surface area contributed by atoms with Crippen molar-refractivity contribution in [3.05, 3.63) is 41.1 Å². The molecular formula is C15H15F3N2O4. The van der Waals surface area contributed by atoms with Crippen molar-refractivity contribution in [3.63, 3.8) is 0 Å². The van der Waals surface area contributed by atoms with Gasteiger partial charge in [-0.1, -0.05) is 12.1 Å². The summed E-state index contributed by atoms with van der Waals surface area (Å²) >= 11 is 0. The average Bonchev–Trinajstić information content (AvgIpc) is 2.51. The van der Waals surface area contributed by atoms with Gasteiger partial charge >= 0.3 is 18.2 Å². The van der Waals surface area contributed by atoms with Crippen LogP contribution in [-0.2, 0) is 9.53 Å². The molecule has 0 fully saturated rings. The Morgan fingerprint density at radius 2 is 1.88 bits per heavy atom. The highest BCUT2D eigenvalue weighted by atomic mass is 19.4. The van der Waals surface area contributed by atoms with Crippen molar-refractivity contribution in [2.24, 2.45) is 0 Å². The van der Waals surface area contributed by atoms with Crippen LogP contribution in [0, 0.1) is 0 Å². The number of halogens is 3. The molecule has 0 saturated carbocycles. The van der Waals surface area contributed by atoms with Crippen LogP contribution in [0.25, 0.3) is 0 Å². The van der Waals surface area contributed by atoms with E-state index in [-0.39, 0.29) is 11.3 Å². The van der Waals surface area contributed by atoms with Crippen LogP contribution in [0.2, 0.25) is 0 Å². The third-order valence-corrected chi connectivity index (χ3v) is 3.31. The fourth-order valence-corrected chi connectivity index (χ4v) is 2.24. The first-order chi connectivity index (χ1) is 11.2. The quantitative estimate of drug-likeness (QED) is 0.823. The van der Waals surface area contributed by atoms with Crippen molar-refractivity contribution in [2.75, 3.05) is 13.7 Å². The normalized spacial score (nSPS) is 17.9. The number of allylic oxidation sites excluding steroid dienone is 1. The number of rotatable bonds is 4. The van der Waals surface area contributed by atoms with Gasteiger partial charge in [0.05, 0.1) is 18.7 Å². The van der Waals surface area contributed by atoms with Gasteiger partial charge in [0.15, 0.2) is 6.61 Å². The molecule has 1 atom stereocenters. The molecule has 130 valence electrons. The molecule has 24 heavy (non-hydrogen) atoms. The van der Waals surface area contributed by atoms with Gasteiger partial charge in [0, 0.05) is 5.70 Å². The van der Waals surface area contributed by atoms with Crippen LogP contribution < -0.4 is 15.4 Å². The summed E-state index contributed by atoms with van der Waals surface area (Å²) in [6.07, 6.45) is -4.63. The molecule has 2 rings (SSSR count). The Morgan fingerprint density at radius 3 is 2.42 bits per heavy atom. The molecule has 1 heterocycles. The largest absolute Gasteiger partial charge is 0.497 e. The second-order valence-electron chi connectivity index (χ2n) is 5.03. The summed E-state index contributed by atoms with van der Waals surface area (Å²) < 4.78 is 46.1. The lowest BCUT2D eigenvalue weighted by atomic mass is 9.95. The minimum Gasteiger partial charge on any atom is -0.497 e. The standard InChI is InChI=1S/C15H15F3N2O4/c1-8-11(13(21)24-7-15(16,17)18)12(20-14(22)19-8)9-3-5-10(23-2)6-4-9/h3-6,12H,7H2,1-2H3,(H2,19,20,22)/t12-/m0/s1. The molecule has 2 N–H and O–H groups in total. The Labute approximate surface area is 135 Å². The SMILES string of the molecule is COc1ccc([C@@H]2NC(=O)NC(C)=C2C(=O)OCC(F)(F)F)cc1. The summed E-state index contributed by atoms with van der Waals surface area (Å²) in [5.74, 6) is -0.598. The maximum atomic E-state index is 12.3. The van der Waals surface area contributed by atoms with Crippen LogP contribution in [0.3, 0.4) is 0 Å².